The van der Waals surface area contributed by atoms with Crippen molar-refractivity contribution in [3.63, 3.8) is 0 Å². The third kappa shape index (κ3) is 1.18. The van der Waals surface area contributed by atoms with Crippen LogP contribution in [0.3, 0.4) is 0 Å². The molecule has 0 aromatic carbocycles. The second-order valence-corrected chi connectivity index (χ2v) is 3.35. The summed E-state index contributed by atoms with van der Waals surface area (Å²) in [5.41, 5.74) is 0. The Bertz CT molecular complexity index is 233. The first-order valence-electron chi connectivity index (χ1n) is 4.09. The van der Waals surface area contributed by atoms with E-state index in [1.807, 2.05) is 0 Å². The Kier molecular flexibility index (Phi) is 1.90. The Morgan fingerprint density at radius 1 is 1.31 bits per heavy atom. The van der Waals surface area contributed by atoms with Crippen LogP contribution in [0, 0.1) is 0 Å². The van der Waals surface area contributed by atoms with Crippen LogP contribution in [0.2, 0.25) is 0 Å². The van der Waals surface area contributed by atoms with E-state index < -0.39 is 30.4 Å². The van der Waals surface area contributed by atoms with Gasteiger partial charge in [0.1, 0.15) is 24.9 Å². The molecule has 4 atom stereocenters. The molecule has 1 amide bonds. The third-order valence-corrected chi connectivity index (χ3v) is 2.53. The van der Waals surface area contributed by atoms with E-state index in [0.29, 0.717) is 0 Å². The van der Waals surface area contributed by atoms with E-state index in [1.165, 1.54) is 4.90 Å². The second kappa shape index (κ2) is 2.83. The van der Waals surface area contributed by atoms with E-state index in [9.17, 15) is 20.1 Å². The smallest absolute Gasteiger partial charge is 0.410 e. The number of aliphatic hydroxyl groups excluding tert-OH is 3. The van der Waals surface area contributed by atoms with E-state index in [0.717, 1.165) is 0 Å². The molecule has 74 valence electrons. The van der Waals surface area contributed by atoms with Crippen LogP contribution in [-0.2, 0) is 4.74 Å². The molecule has 0 unspecified atom stereocenters. The normalized spacial score (nSPS) is 44.5. The van der Waals surface area contributed by atoms with E-state index in [4.69, 9.17) is 0 Å². The minimum Gasteiger partial charge on any atom is -0.447 e. The zero-order valence-corrected chi connectivity index (χ0v) is 6.83. The number of ether oxygens (including phenoxy) is 1. The average molecular weight is 189 g/mol. The topological polar surface area (TPSA) is 90.2 Å². The van der Waals surface area contributed by atoms with Crippen molar-refractivity contribution in [2.75, 3.05) is 13.2 Å². The lowest BCUT2D eigenvalue weighted by Gasteiger charge is -2.37. The quantitative estimate of drug-likeness (QED) is 0.406. The highest BCUT2D eigenvalue weighted by Crippen LogP contribution is 2.24. The van der Waals surface area contributed by atoms with Crippen molar-refractivity contribution in [2.24, 2.45) is 0 Å². The fourth-order valence-electron chi connectivity index (χ4n) is 1.72. The summed E-state index contributed by atoms with van der Waals surface area (Å²) in [6.45, 7) is 0.0888. The number of cyclic esters (lactones) is 1. The monoisotopic (exact) mass is 189 g/mol. The average Bonchev–Trinajstić information content (AvgIpc) is 2.45. The number of carbonyl (C=O) groups is 1. The first-order valence-corrected chi connectivity index (χ1v) is 4.09. The Labute approximate surface area is 74.3 Å². The zero-order valence-electron chi connectivity index (χ0n) is 6.83. The van der Waals surface area contributed by atoms with Crippen molar-refractivity contribution in [1.82, 2.24) is 4.90 Å². The Hall–Kier alpha value is -0.850. The highest BCUT2D eigenvalue weighted by Gasteiger charge is 2.47. The largest absolute Gasteiger partial charge is 0.447 e. The predicted octanol–water partition coefficient (Wildman–Crippen LogP) is -2.10. The van der Waals surface area contributed by atoms with Crippen LogP contribution < -0.4 is 0 Å². The molecule has 2 heterocycles. The molecule has 2 saturated heterocycles. The molecular formula is C7H11NO5. The number of hydrogen-bond donors (Lipinski definition) is 3. The lowest BCUT2D eigenvalue weighted by Crippen LogP contribution is -2.60. The maximum Gasteiger partial charge on any atom is 0.410 e. The lowest BCUT2D eigenvalue weighted by atomic mass is 9.95. The molecule has 3 N–H and O–H groups in total. The molecule has 2 aliphatic rings. The minimum absolute atomic E-state index is 0.0156. The van der Waals surface area contributed by atoms with Gasteiger partial charge in [0.25, 0.3) is 0 Å². The van der Waals surface area contributed by atoms with Gasteiger partial charge in [0.15, 0.2) is 0 Å². The number of rotatable bonds is 0. The van der Waals surface area contributed by atoms with E-state index >= 15 is 0 Å². The molecule has 0 radical (unpaired) electrons. The van der Waals surface area contributed by atoms with Crippen LogP contribution in [0.4, 0.5) is 4.79 Å². The summed E-state index contributed by atoms with van der Waals surface area (Å²) in [5, 5.41) is 28.0. The molecule has 0 bridgehead atoms. The molecule has 0 spiro atoms. The number of hydrogen-bond acceptors (Lipinski definition) is 5. The summed E-state index contributed by atoms with van der Waals surface area (Å²) < 4.78 is 4.67. The van der Waals surface area contributed by atoms with Gasteiger partial charge in [0.05, 0.1) is 12.6 Å². The Morgan fingerprint density at radius 3 is 2.69 bits per heavy atom. The fourth-order valence-corrected chi connectivity index (χ4v) is 1.72. The first kappa shape index (κ1) is 8.74. The van der Waals surface area contributed by atoms with Crippen molar-refractivity contribution in [3.8, 4) is 0 Å². The van der Waals surface area contributed by atoms with E-state index in [1.54, 1.807) is 0 Å². The van der Waals surface area contributed by atoms with Crippen molar-refractivity contribution in [2.45, 2.75) is 24.4 Å². The summed E-state index contributed by atoms with van der Waals surface area (Å²) in [6, 6.07) is -0.522. The fraction of sp³-hybridized carbons (Fsp3) is 0.857. The van der Waals surface area contributed by atoms with Gasteiger partial charge in [-0.1, -0.05) is 0 Å². The number of aliphatic hydroxyl groups is 3. The molecule has 0 aromatic heterocycles. The van der Waals surface area contributed by atoms with Crippen LogP contribution in [-0.4, -0.2) is 63.8 Å². The van der Waals surface area contributed by atoms with Gasteiger partial charge in [-0.3, -0.25) is 4.90 Å². The van der Waals surface area contributed by atoms with Gasteiger partial charge in [-0.25, -0.2) is 4.79 Å². The predicted molar refractivity (Wildman–Crippen MR) is 39.9 cm³/mol. The summed E-state index contributed by atoms with van der Waals surface area (Å²) in [6.07, 6.45) is -3.97. The van der Waals surface area contributed by atoms with Crippen molar-refractivity contribution >= 4 is 6.09 Å². The van der Waals surface area contributed by atoms with Gasteiger partial charge in [-0.05, 0) is 0 Å². The van der Waals surface area contributed by atoms with Crippen molar-refractivity contribution in [3.05, 3.63) is 0 Å². The maximum atomic E-state index is 11.0. The second-order valence-electron chi connectivity index (χ2n) is 3.35. The Balaban J connectivity index is 2.18. The molecule has 2 rings (SSSR count). The van der Waals surface area contributed by atoms with Gasteiger partial charge < -0.3 is 20.1 Å². The lowest BCUT2D eigenvalue weighted by molar-refractivity contribution is -0.117. The third-order valence-electron chi connectivity index (χ3n) is 2.53. The minimum atomic E-state index is -1.20. The van der Waals surface area contributed by atoms with Crippen LogP contribution in [0.1, 0.15) is 0 Å². The van der Waals surface area contributed by atoms with Crippen LogP contribution in [0.15, 0.2) is 0 Å². The van der Waals surface area contributed by atoms with E-state index in [-0.39, 0.29) is 13.2 Å². The van der Waals surface area contributed by atoms with Crippen LogP contribution in [0.5, 0.6) is 0 Å². The molecule has 0 aromatic rings. The maximum absolute atomic E-state index is 11.0. The molecule has 2 fully saturated rings. The highest BCUT2D eigenvalue weighted by molar-refractivity contribution is 5.70. The SMILES string of the molecule is O=C1OC[C@H]2[C@H](O)[C@H](O)[C@@H](O)CN12. The van der Waals surface area contributed by atoms with Gasteiger partial charge in [-0.15, -0.1) is 0 Å². The van der Waals surface area contributed by atoms with Crippen LogP contribution >= 0.6 is 0 Å². The summed E-state index contributed by atoms with van der Waals surface area (Å²) in [4.78, 5) is 12.2. The summed E-state index contributed by atoms with van der Waals surface area (Å²) in [5.74, 6) is 0. The highest BCUT2D eigenvalue weighted by atomic mass is 16.6. The molecule has 0 aliphatic carbocycles. The number of amides is 1. The molecular weight excluding hydrogens is 178 g/mol. The van der Waals surface area contributed by atoms with Gasteiger partial charge in [0.2, 0.25) is 0 Å². The van der Waals surface area contributed by atoms with Crippen molar-refractivity contribution < 1.29 is 24.9 Å². The summed E-state index contributed by atoms with van der Waals surface area (Å²) in [7, 11) is 0. The van der Waals surface area contributed by atoms with Gasteiger partial charge >= 0.3 is 6.09 Å². The van der Waals surface area contributed by atoms with Gasteiger partial charge in [-0.2, -0.15) is 0 Å². The molecule has 6 nitrogen and oxygen atoms in total. The van der Waals surface area contributed by atoms with E-state index in [2.05, 4.69) is 4.74 Å². The number of fused-ring (bicyclic) bond motifs is 1. The first-order chi connectivity index (χ1) is 6.11. The number of nitrogens with zero attached hydrogens (tertiary/aromatic N) is 1. The number of carbonyl (C=O) groups excluding carboxylic acids is 1. The zero-order chi connectivity index (χ0) is 9.59. The summed E-state index contributed by atoms with van der Waals surface area (Å²) >= 11 is 0. The van der Waals surface area contributed by atoms with Crippen LogP contribution in [0.25, 0.3) is 0 Å². The number of piperidine rings is 1. The molecule has 13 heavy (non-hydrogen) atoms. The molecule has 2 aliphatic heterocycles. The molecule has 6 heteroatoms. The Morgan fingerprint density at radius 2 is 2.00 bits per heavy atom. The molecule has 0 saturated carbocycles. The van der Waals surface area contributed by atoms with Gasteiger partial charge in [0, 0.05) is 0 Å². The van der Waals surface area contributed by atoms with Crippen molar-refractivity contribution in [1.29, 1.82) is 0 Å². The standard InChI is InChI=1S/C7H11NO5/c9-4-1-8-3(2-13-7(8)12)5(10)6(4)11/h3-6,9-11H,1-2H2/t3-,4-,5-,6+/m0/s1.